The largest absolute Gasteiger partial charge is 0.481 e. The molecule has 0 atom stereocenters. The van der Waals surface area contributed by atoms with Gasteiger partial charge in [0.15, 0.2) is 0 Å². The summed E-state index contributed by atoms with van der Waals surface area (Å²) in [6, 6.07) is 3.77. The first-order valence-electron chi connectivity index (χ1n) is 7.09. The molecule has 0 spiro atoms. The Kier molecular flexibility index (Phi) is 3.45. The van der Waals surface area contributed by atoms with Gasteiger partial charge in [-0.2, -0.15) is 4.98 Å². The maximum Gasteiger partial charge on any atom is 0.310 e. The Balaban J connectivity index is 1.86. The lowest BCUT2D eigenvalue weighted by molar-refractivity contribution is -0.148. The number of pyridine rings is 1. The SMILES string of the molecule is Cc1cccnc1-c1noc(CC2(C(=O)O)CCCC2)n1. The first-order chi connectivity index (χ1) is 10.1. The van der Waals surface area contributed by atoms with Crippen molar-refractivity contribution in [3.05, 3.63) is 29.8 Å². The second kappa shape index (κ2) is 5.27. The second-order valence-electron chi connectivity index (χ2n) is 5.65. The van der Waals surface area contributed by atoms with Gasteiger partial charge in [0.05, 0.1) is 5.41 Å². The smallest absolute Gasteiger partial charge is 0.310 e. The molecule has 2 aromatic rings. The third-order valence-electron chi connectivity index (χ3n) is 4.19. The van der Waals surface area contributed by atoms with E-state index in [0.717, 1.165) is 18.4 Å². The number of carbonyl (C=O) groups is 1. The van der Waals surface area contributed by atoms with Gasteiger partial charge in [0, 0.05) is 12.6 Å². The van der Waals surface area contributed by atoms with Crippen molar-refractivity contribution in [2.75, 3.05) is 0 Å². The third-order valence-corrected chi connectivity index (χ3v) is 4.19. The summed E-state index contributed by atoms with van der Waals surface area (Å²) in [6.45, 7) is 1.92. The van der Waals surface area contributed by atoms with Gasteiger partial charge in [-0.25, -0.2) is 0 Å². The first-order valence-corrected chi connectivity index (χ1v) is 7.09. The van der Waals surface area contributed by atoms with Gasteiger partial charge in [-0.1, -0.05) is 24.1 Å². The van der Waals surface area contributed by atoms with Crippen molar-refractivity contribution < 1.29 is 14.4 Å². The van der Waals surface area contributed by atoms with Gasteiger partial charge >= 0.3 is 5.97 Å². The van der Waals surface area contributed by atoms with Crippen LogP contribution >= 0.6 is 0 Å². The number of carboxylic acids is 1. The minimum absolute atomic E-state index is 0.293. The lowest BCUT2D eigenvalue weighted by atomic mass is 9.83. The lowest BCUT2D eigenvalue weighted by Gasteiger charge is -2.21. The number of hydrogen-bond donors (Lipinski definition) is 1. The van der Waals surface area contributed by atoms with Crippen LogP contribution in [-0.4, -0.2) is 26.2 Å². The molecule has 1 aliphatic rings. The van der Waals surface area contributed by atoms with E-state index in [1.807, 2.05) is 19.1 Å². The molecule has 2 aromatic heterocycles. The zero-order valence-electron chi connectivity index (χ0n) is 11.9. The van der Waals surface area contributed by atoms with E-state index in [1.165, 1.54) is 0 Å². The molecule has 0 aromatic carbocycles. The van der Waals surface area contributed by atoms with E-state index in [0.29, 0.717) is 36.7 Å². The molecule has 0 unspecified atom stereocenters. The molecule has 6 nitrogen and oxygen atoms in total. The Hall–Kier alpha value is -2.24. The molecular formula is C15H17N3O3. The zero-order chi connectivity index (χ0) is 14.9. The molecule has 1 aliphatic carbocycles. The van der Waals surface area contributed by atoms with Gasteiger partial charge in [-0.3, -0.25) is 9.78 Å². The number of nitrogens with zero attached hydrogens (tertiary/aromatic N) is 3. The topological polar surface area (TPSA) is 89.1 Å². The fourth-order valence-electron chi connectivity index (χ4n) is 2.95. The highest BCUT2D eigenvalue weighted by Gasteiger charge is 2.42. The van der Waals surface area contributed by atoms with Crippen LogP contribution in [0.1, 0.15) is 37.1 Å². The standard InChI is InChI=1S/C15H17N3O3/c1-10-5-4-8-16-12(10)13-17-11(21-18-13)9-15(14(19)20)6-2-3-7-15/h4-5,8H,2-3,6-7,9H2,1H3,(H,19,20). The van der Waals surface area contributed by atoms with Crippen molar-refractivity contribution in [1.29, 1.82) is 0 Å². The van der Waals surface area contributed by atoms with Crippen LogP contribution in [0.25, 0.3) is 11.5 Å². The quantitative estimate of drug-likeness (QED) is 0.929. The van der Waals surface area contributed by atoms with Crippen LogP contribution in [0.5, 0.6) is 0 Å². The summed E-state index contributed by atoms with van der Waals surface area (Å²) in [5, 5.41) is 13.4. The summed E-state index contributed by atoms with van der Waals surface area (Å²) in [5.41, 5.74) is 0.880. The molecule has 0 radical (unpaired) electrons. The number of aryl methyl sites for hydroxylation is 1. The molecule has 1 fully saturated rings. The van der Waals surface area contributed by atoms with E-state index in [9.17, 15) is 9.90 Å². The normalized spacial score (nSPS) is 17.0. The van der Waals surface area contributed by atoms with Crippen LogP contribution < -0.4 is 0 Å². The predicted octanol–water partition coefficient (Wildman–Crippen LogP) is 2.63. The molecule has 6 heteroatoms. The molecule has 0 aliphatic heterocycles. The number of aromatic nitrogens is 3. The fourth-order valence-corrected chi connectivity index (χ4v) is 2.95. The van der Waals surface area contributed by atoms with Crippen LogP contribution in [0, 0.1) is 12.3 Å². The van der Waals surface area contributed by atoms with Crippen molar-refractivity contribution in [1.82, 2.24) is 15.1 Å². The Morgan fingerprint density at radius 3 is 2.86 bits per heavy atom. The molecule has 0 amide bonds. The predicted molar refractivity (Wildman–Crippen MR) is 74.5 cm³/mol. The van der Waals surface area contributed by atoms with Crippen molar-refractivity contribution in [3.63, 3.8) is 0 Å². The van der Waals surface area contributed by atoms with E-state index in [2.05, 4.69) is 15.1 Å². The molecule has 1 saturated carbocycles. The van der Waals surface area contributed by atoms with Crippen LogP contribution in [0.2, 0.25) is 0 Å². The molecule has 3 rings (SSSR count). The highest BCUT2D eigenvalue weighted by Crippen LogP contribution is 2.41. The van der Waals surface area contributed by atoms with Gasteiger partial charge in [0.1, 0.15) is 5.69 Å². The van der Waals surface area contributed by atoms with E-state index in [-0.39, 0.29) is 0 Å². The van der Waals surface area contributed by atoms with Gasteiger partial charge in [0.25, 0.3) is 0 Å². The van der Waals surface area contributed by atoms with E-state index in [1.54, 1.807) is 6.20 Å². The molecular weight excluding hydrogens is 270 g/mol. The maximum absolute atomic E-state index is 11.6. The van der Waals surface area contributed by atoms with Gasteiger partial charge in [-0.05, 0) is 31.4 Å². The summed E-state index contributed by atoms with van der Waals surface area (Å²) in [7, 11) is 0. The number of rotatable bonds is 4. The maximum atomic E-state index is 11.6. The molecule has 0 saturated heterocycles. The average Bonchev–Trinajstić information content (AvgIpc) is 3.10. The highest BCUT2D eigenvalue weighted by atomic mass is 16.5. The van der Waals surface area contributed by atoms with Crippen LogP contribution in [0.4, 0.5) is 0 Å². The zero-order valence-corrected chi connectivity index (χ0v) is 11.9. The van der Waals surface area contributed by atoms with Crippen molar-refractivity contribution in [2.24, 2.45) is 5.41 Å². The molecule has 1 N–H and O–H groups in total. The number of carboxylic acid groups (broad SMARTS) is 1. The van der Waals surface area contributed by atoms with Gasteiger partial charge in [-0.15, -0.1) is 0 Å². The molecule has 21 heavy (non-hydrogen) atoms. The van der Waals surface area contributed by atoms with Crippen LogP contribution in [0.3, 0.4) is 0 Å². The van der Waals surface area contributed by atoms with E-state index < -0.39 is 11.4 Å². The fraction of sp³-hybridized carbons (Fsp3) is 0.467. The lowest BCUT2D eigenvalue weighted by Crippen LogP contribution is -2.30. The number of aliphatic carboxylic acids is 1. The van der Waals surface area contributed by atoms with Crippen LogP contribution in [0.15, 0.2) is 22.9 Å². The minimum atomic E-state index is -0.770. The van der Waals surface area contributed by atoms with E-state index in [4.69, 9.17) is 4.52 Å². The summed E-state index contributed by atoms with van der Waals surface area (Å²) in [5.74, 6) is 0.0229. The highest BCUT2D eigenvalue weighted by molar-refractivity contribution is 5.75. The molecule has 2 heterocycles. The van der Waals surface area contributed by atoms with Crippen molar-refractivity contribution >= 4 is 5.97 Å². The second-order valence-corrected chi connectivity index (χ2v) is 5.65. The Morgan fingerprint density at radius 2 is 2.19 bits per heavy atom. The Bertz CT molecular complexity index is 660. The summed E-state index contributed by atoms with van der Waals surface area (Å²) in [4.78, 5) is 20.1. The van der Waals surface area contributed by atoms with Gasteiger partial charge in [0.2, 0.25) is 11.7 Å². The molecule has 110 valence electrons. The van der Waals surface area contributed by atoms with Crippen molar-refractivity contribution in [3.8, 4) is 11.5 Å². The van der Waals surface area contributed by atoms with E-state index >= 15 is 0 Å². The van der Waals surface area contributed by atoms with Crippen LogP contribution in [-0.2, 0) is 11.2 Å². The Labute approximate surface area is 122 Å². The molecule has 0 bridgehead atoms. The monoisotopic (exact) mass is 287 g/mol. The third kappa shape index (κ3) is 2.53. The number of hydrogen-bond acceptors (Lipinski definition) is 5. The summed E-state index contributed by atoms with van der Waals surface area (Å²) >= 11 is 0. The average molecular weight is 287 g/mol. The minimum Gasteiger partial charge on any atom is -0.481 e. The van der Waals surface area contributed by atoms with Crippen molar-refractivity contribution in [2.45, 2.75) is 39.0 Å². The first kappa shape index (κ1) is 13.7. The Morgan fingerprint density at radius 1 is 1.43 bits per heavy atom. The summed E-state index contributed by atoms with van der Waals surface area (Å²) in [6.07, 6.45) is 5.18. The van der Waals surface area contributed by atoms with Gasteiger partial charge < -0.3 is 9.63 Å². The summed E-state index contributed by atoms with van der Waals surface area (Å²) < 4.78 is 5.25.